The second-order valence-electron chi connectivity index (χ2n) is 6.24. The van der Waals surface area contributed by atoms with Crippen molar-refractivity contribution in [2.24, 2.45) is 0 Å². The SMILES string of the molecule is CCC1CCCCN1C(=O)/C=C/c1ccc(C(=O)N(C)C)cc1. The van der Waals surface area contributed by atoms with E-state index in [1.165, 1.54) is 6.42 Å². The zero-order chi connectivity index (χ0) is 16.8. The van der Waals surface area contributed by atoms with Gasteiger partial charge in [0.05, 0.1) is 0 Å². The lowest BCUT2D eigenvalue weighted by Gasteiger charge is -2.34. The highest BCUT2D eigenvalue weighted by Gasteiger charge is 2.23. The number of benzene rings is 1. The molecule has 2 rings (SSSR count). The van der Waals surface area contributed by atoms with Gasteiger partial charge in [0.1, 0.15) is 0 Å². The molecule has 1 aromatic carbocycles. The van der Waals surface area contributed by atoms with Crippen LogP contribution in [0, 0.1) is 0 Å². The van der Waals surface area contributed by atoms with E-state index in [0.29, 0.717) is 11.6 Å². The number of likely N-dealkylation sites (tertiary alicyclic amines) is 1. The van der Waals surface area contributed by atoms with Gasteiger partial charge < -0.3 is 9.80 Å². The molecular weight excluding hydrogens is 288 g/mol. The molecule has 1 heterocycles. The van der Waals surface area contributed by atoms with Gasteiger partial charge in [-0.3, -0.25) is 9.59 Å². The Morgan fingerprint density at radius 2 is 1.91 bits per heavy atom. The first kappa shape index (κ1) is 17.3. The van der Waals surface area contributed by atoms with Gasteiger partial charge in [0.25, 0.3) is 5.91 Å². The van der Waals surface area contributed by atoms with Crippen LogP contribution in [0.15, 0.2) is 30.3 Å². The second kappa shape index (κ2) is 7.95. The van der Waals surface area contributed by atoms with Crippen LogP contribution in [0.2, 0.25) is 0 Å². The predicted molar refractivity (Wildman–Crippen MR) is 93.1 cm³/mol. The van der Waals surface area contributed by atoms with Crippen LogP contribution in [-0.4, -0.2) is 48.3 Å². The molecule has 2 amide bonds. The summed E-state index contributed by atoms with van der Waals surface area (Å²) in [5.74, 6) is 0.0701. The Bertz CT molecular complexity index is 576. The number of carbonyl (C=O) groups excluding carboxylic acids is 2. The average Bonchev–Trinajstić information content (AvgIpc) is 2.59. The lowest BCUT2D eigenvalue weighted by Crippen LogP contribution is -2.42. The van der Waals surface area contributed by atoms with Gasteiger partial charge in [-0.15, -0.1) is 0 Å². The van der Waals surface area contributed by atoms with Gasteiger partial charge in [0, 0.05) is 38.3 Å². The van der Waals surface area contributed by atoms with Crippen LogP contribution in [0.4, 0.5) is 0 Å². The van der Waals surface area contributed by atoms with Gasteiger partial charge in [0.2, 0.25) is 5.91 Å². The summed E-state index contributed by atoms with van der Waals surface area (Å²) in [5, 5.41) is 0. The molecule has 0 aliphatic carbocycles. The van der Waals surface area contributed by atoms with Crippen molar-refractivity contribution in [1.82, 2.24) is 9.80 Å². The molecule has 0 radical (unpaired) electrons. The van der Waals surface area contributed by atoms with Crippen LogP contribution in [0.1, 0.15) is 48.5 Å². The number of rotatable bonds is 4. The van der Waals surface area contributed by atoms with E-state index >= 15 is 0 Å². The molecule has 1 saturated heterocycles. The Balaban J connectivity index is 2.02. The molecule has 1 unspecified atom stereocenters. The monoisotopic (exact) mass is 314 g/mol. The maximum absolute atomic E-state index is 12.4. The molecule has 0 saturated carbocycles. The molecule has 0 N–H and O–H groups in total. The van der Waals surface area contributed by atoms with Crippen LogP contribution < -0.4 is 0 Å². The summed E-state index contributed by atoms with van der Waals surface area (Å²) in [7, 11) is 3.47. The normalized spacial score (nSPS) is 18.2. The van der Waals surface area contributed by atoms with Crippen molar-refractivity contribution in [3.63, 3.8) is 0 Å². The lowest BCUT2D eigenvalue weighted by atomic mass is 10.00. The minimum atomic E-state index is -0.0179. The predicted octanol–water partition coefficient (Wildman–Crippen LogP) is 3.19. The molecule has 23 heavy (non-hydrogen) atoms. The van der Waals surface area contributed by atoms with Gasteiger partial charge in [-0.1, -0.05) is 19.1 Å². The van der Waals surface area contributed by atoms with Crippen LogP contribution in [0.5, 0.6) is 0 Å². The third-order valence-corrected chi connectivity index (χ3v) is 4.36. The minimum absolute atomic E-state index is 0.0179. The van der Waals surface area contributed by atoms with E-state index in [1.807, 2.05) is 23.1 Å². The first-order valence-electron chi connectivity index (χ1n) is 8.33. The van der Waals surface area contributed by atoms with E-state index in [0.717, 1.165) is 31.4 Å². The van der Waals surface area contributed by atoms with Crippen molar-refractivity contribution in [2.75, 3.05) is 20.6 Å². The summed E-state index contributed by atoms with van der Waals surface area (Å²) in [6.45, 7) is 3.00. The molecule has 124 valence electrons. The number of amides is 2. The molecule has 4 nitrogen and oxygen atoms in total. The Morgan fingerprint density at radius 3 is 2.52 bits per heavy atom. The average molecular weight is 314 g/mol. The van der Waals surface area contributed by atoms with Gasteiger partial charge in [-0.05, 0) is 49.5 Å². The number of hydrogen-bond acceptors (Lipinski definition) is 2. The standard InChI is InChI=1S/C19H26N2O2/c1-4-17-7-5-6-14-21(17)18(22)13-10-15-8-11-16(12-9-15)19(23)20(2)3/h8-13,17H,4-7,14H2,1-3H3/b13-10+. The summed E-state index contributed by atoms with van der Waals surface area (Å²) in [4.78, 5) is 27.8. The highest BCUT2D eigenvalue weighted by atomic mass is 16.2. The van der Waals surface area contributed by atoms with Crippen LogP contribution in [-0.2, 0) is 4.79 Å². The van der Waals surface area contributed by atoms with Crippen molar-refractivity contribution in [3.8, 4) is 0 Å². The van der Waals surface area contributed by atoms with Crippen LogP contribution in [0.3, 0.4) is 0 Å². The zero-order valence-corrected chi connectivity index (χ0v) is 14.3. The Labute approximate surface area is 138 Å². The van der Waals surface area contributed by atoms with E-state index in [4.69, 9.17) is 0 Å². The molecule has 1 atom stereocenters. The summed E-state index contributed by atoms with van der Waals surface area (Å²) in [6.07, 6.45) is 7.91. The van der Waals surface area contributed by atoms with Crippen LogP contribution in [0.25, 0.3) is 6.08 Å². The topological polar surface area (TPSA) is 40.6 Å². The van der Waals surface area contributed by atoms with Crippen molar-refractivity contribution in [2.45, 2.75) is 38.6 Å². The van der Waals surface area contributed by atoms with Crippen molar-refractivity contribution < 1.29 is 9.59 Å². The quantitative estimate of drug-likeness (QED) is 0.801. The van der Waals surface area contributed by atoms with E-state index < -0.39 is 0 Å². The third kappa shape index (κ3) is 4.44. The highest BCUT2D eigenvalue weighted by molar-refractivity contribution is 5.94. The van der Waals surface area contributed by atoms with Crippen molar-refractivity contribution in [3.05, 3.63) is 41.5 Å². The Kier molecular flexibility index (Phi) is 5.97. The lowest BCUT2D eigenvalue weighted by molar-refractivity contribution is -0.129. The molecule has 1 aromatic rings. The Morgan fingerprint density at radius 1 is 1.22 bits per heavy atom. The fraction of sp³-hybridized carbons (Fsp3) is 0.474. The van der Waals surface area contributed by atoms with Gasteiger partial charge in [0.15, 0.2) is 0 Å². The maximum Gasteiger partial charge on any atom is 0.253 e. The van der Waals surface area contributed by atoms with E-state index in [1.54, 1.807) is 37.2 Å². The van der Waals surface area contributed by atoms with Gasteiger partial charge in [-0.25, -0.2) is 0 Å². The summed E-state index contributed by atoms with van der Waals surface area (Å²) < 4.78 is 0. The maximum atomic E-state index is 12.4. The molecule has 1 fully saturated rings. The number of hydrogen-bond donors (Lipinski definition) is 0. The zero-order valence-electron chi connectivity index (χ0n) is 14.3. The molecule has 1 aliphatic rings. The molecule has 0 aromatic heterocycles. The Hall–Kier alpha value is -2.10. The van der Waals surface area contributed by atoms with Crippen molar-refractivity contribution in [1.29, 1.82) is 0 Å². The molecule has 1 aliphatic heterocycles. The molecular formula is C19H26N2O2. The number of piperidine rings is 1. The second-order valence-corrected chi connectivity index (χ2v) is 6.24. The highest BCUT2D eigenvalue weighted by Crippen LogP contribution is 2.20. The van der Waals surface area contributed by atoms with Gasteiger partial charge in [-0.2, -0.15) is 0 Å². The fourth-order valence-corrected chi connectivity index (χ4v) is 2.97. The molecule has 0 bridgehead atoms. The van der Waals surface area contributed by atoms with Crippen LogP contribution >= 0.6 is 0 Å². The summed E-state index contributed by atoms with van der Waals surface area (Å²) in [6, 6.07) is 7.70. The molecule has 4 heteroatoms. The fourth-order valence-electron chi connectivity index (χ4n) is 2.97. The smallest absolute Gasteiger partial charge is 0.253 e. The summed E-state index contributed by atoms with van der Waals surface area (Å²) >= 11 is 0. The largest absolute Gasteiger partial charge is 0.345 e. The number of carbonyl (C=O) groups is 2. The number of nitrogens with zero attached hydrogens (tertiary/aromatic N) is 2. The minimum Gasteiger partial charge on any atom is -0.345 e. The third-order valence-electron chi connectivity index (χ3n) is 4.36. The summed E-state index contributed by atoms with van der Waals surface area (Å²) in [5.41, 5.74) is 1.58. The van der Waals surface area contributed by atoms with E-state index in [-0.39, 0.29) is 11.8 Å². The first-order valence-corrected chi connectivity index (χ1v) is 8.33. The first-order chi connectivity index (χ1) is 11.0. The van der Waals surface area contributed by atoms with Crippen molar-refractivity contribution >= 4 is 17.9 Å². The van der Waals surface area contributed by atoms with Gasteiger partial charge >= 0.3 is 0 Å². The van der Waals surface area contributed by atoms with E-state index in [2.05, 4.69) is 6.92 Å². The molecule has 0 spiro atoms. The van der Waals surface area contributed by atoms with E-state index in [9.17, 15) is 9.59 Å².